The molecular weight excluding hydrogens is 410 g/mol. The Morgan fingerprint density at radius 2 is 1.74 bits per heavy atom. The highest BCUT2D eigenvalue weighted by molar-refractivity contribution is 7.10. The van der Waals surface area contributed by atoms with Gasteiger partial charge in [-0.3, -0.25) is 4.79 Å². The van der Waals surface area contributed by atoms with Crippen molar-refractivity contribution < 1.29 is 19.0 Å². The molecule has 3 aromatic rings. The molecule has 1 aromatic heterocycles. The zero-order valence-corrected chi connectivity index (χ0v) is 18.6. The molecule has 0 saturated carbocycles. The number of hydrogen-bond donors (Lipinski definition) is 0. The Morgan fingerprint density at radius 3 is 2.45 bits per heavy atom. The average Bonchev–Trinajstić information content (AvgIpc) is 3.35. The molecule has 0 spiro atoms. The van der Waals surface area contributed by atoms with E-state index in [1.54, 1.807) is 38.7 Å². The Labute approximate surface area is 186 Å². The zero-order valence-electron chi connectivity index (χ0n) is 17.8. The van der Waals surface area contributed by atoms with Crippen LogP contribution in [0.15, 0.2) is 60.0 Å². The van der Waals surface area contributed by atoms with E-state index in [0.29, 0.717) is 18.0 Å². The monoisotopic (exact) mass is 435 g/mol. The van der Waals surface area contributed by atoms with Crippen LogP contribution in [0.2, 0.25) is 0 Å². The SMILES string of the molecule is COc1ccccc1C=CC(=O)N1CCc2cc(OC)c(OC)cc2C1c1cccs1. The maximum Gasteiger partial charge on any atom is 0.247 e. The van der Waals surface area contributed by atoms with Gasteiger partial charge in [-0.25, -0.2) is 0 Å². The van der Waals surface area contributed by atoms with Crippen LogP contribution in [-0.2, 0) is 11.2 Å². The highest BCUT2D eigenvalue weighted by Gasteiger charge is 2.33. The molecule has 160 valence electrons. The topological polar surface area (TPSA) is 48.0 Å². The van der Waals surface area contributed by atoms with Crippen molar-refractivity contribution in [3.8, 4) is 17.2 Å². The van der Waals surface area contributed by atoms with Gasteiger partial charge in [-0.2, -0.15) is 0 Å². The summed E-state index contributed by atoms with van der Waals surface area (Å²) >= 11 is 1.65. The summed E-state index contributed by atoms with van der Waals surface area (Å²) in [5.41, 5.74) is 3.12. The number of benzene rings is 2. The van der Waals surface area contributed by atoms with Crippen LogP contribution in [0, 0.1) is 0 Å². The number of hydrogen-bond acceptors (Lipinski definition) is 5. The molecule has 2 aromatic carbocycles. The molecule has 0 bridgehead atoms. The lowest BCUT2D eigenvalue weighted by Crippen LogP contribution is -2.39. The van der Waals surface area contributed by atoms with Gasteiger partial charge in [0.15, 0.2) is 11.5 Å². The second-order valence-corrected chi connectivity index (χ2v) is 8.16. The van der Waals surface area contributed by atoms with Crippen LogP contribution >= 0.6 is 11.3 Å². The Balaban J connectivity index is 1.71. The van der Waals surface area contributed by atoms with Crippen molar-refractivity contribution in [1.29, 1.82) is 0 Å². The van der Waals surface area contributed by atoms with Crippen molar-refractivity contribution in [1.82, 2.24) is 4.90 Å². The van der Waals surface area contributed by atoms with Gasteiger partial charge in [0.1, 0.15) is 5.75 Å². The molecule has 0 radical (unpaired) electrons. The van der Waals surface area contributed by atoms with E-state index in [1.807, 2.05) is 58.8 Å². The summed E-state index contributed by atoms with van der Waals surface area (Å²) in [7, 11) is 4.90. The molecule has 0 aliphatic carbocycles. The molecule has 5 nitrogen and oxygen atoms in total. The minimum absolute atomic E-state index is 0.0373. The number of para-hydroxylation sites is 1. The molecule has 0 fully saturated rings. The van der Waals surface area contributed by atoms with Gasteiger partial charge in [0.05, 0.1) is 27.4 Å². The molecule has 1 aliphatic heterocycles. The molecule has 4 rings (SSSR count). The number of rotatable bonds is 6. The standard InChI is InChI=1S/C25H25NO4S/c1-28-20-8-5-4-7-17(20)10-11-24(27)26-13-12-18-15-21(29-2)22(30-3)16-19(18)25(26)23-9-6-14-31-23/h4-11,14-16,25H,12-13H2,1-3H3. The van der Waals surface area contributed by atoms with Crippen LogP contribution in [0.3, 0.4) is 0 Å². The van der Waals surface area contributed by atoms with Crippen LogP contribution in [0.4, 0.5) is 0 Å². The first kappa shape index (κ1) is 21.0. The summed E-state index contributed by atoms with van der Waals surface area (Å²) in [4.78, 5) is 16.4. The predicted molar refractivity (Wildman–Crippen MR) is 123 cm³/mol. The summed E-state index contributed by atoms with van der Waals surface area (Å²) < 4.78 is 16.4. The summed E-state index contributed by atoms with van der Waals surface area (Å²) in [6, 6.07) is 15.6. The Kier molecular flexibility index (Phi) is 6.28. The van der Waals surface area contributed by atoms with Crippen LogP contribution in [-0.4, -0.2) is 38.7 Å². The molecule has 2 heterocycles. The van der Waals surface area contributed by atoms with E-state index in [9.17, 15) is 4.79 Å². The molecule has 31 heavy (non-hydrogen) atoms. The van der Waals surface area contributed by atoms with E-state index < -0.39 is 0 Å². The average molecular weight is 436 g/mol. The molecule has 0 saturated heterocycles. The first-order chi connectivity index (χ1) is 15.2. The smallest absolute Gasteiger partial charge is 0.247 e. The van der Waals surface area contributed by atoms with E-state index in [4.69, 9.17) is 14.2 Å². The van der Waals surface area contributed by atoms with E-state index in [2.05, 4.69) is 6.07 Å². The number of carbonyl (C=O) groups excluding carboxylic acids is 1. The van der Waals surface area contributed by atoms with Crippen LogP contribution < -0.4 is 14.2 Å². The molecule has 0 N–H and O–H groups in total. The number of carbonyl (C=O) groups is 1. The number of amides is 1. The van der Waals surface area contributed by atoms with Crippen molar-refractivity contribution in [2.45, 2.75) is 12.5 Å². The Bertz CT molecular complexity index is 1090. The lowest BCUT2D eigenvalue weighted by atomic mass is 9.90. The third kappa shape index (κ3) is 4.16. The fourth-order valence-electron chi connectivity index (χ4n) is 4.00. The van der Waals surface area contributed by atoms with Gasteiger partial charge in [0.25, 0.3) is 0 Å². The first-order valence-electron chi connectivity index (χ1n) is 10.1. The number of nitrogens with zero attached hydrogens (tertiary/aromatic N) is 1. The highest BCUT2D eigenvalue weighted by Crippen LogP contribution is 2.42. The minimum Gasteiger partial charge on any atom is -0.496 e. The second kappa shape index (κ2) is 9.27. The summed E-state index contributed by atoms with van der Waals surface area (Å²) in [5.74, 6) is 2.08. The van der Waals surface area contributed by atoms with Crippen molar-refractivity contribution in [2.75, 3.05) is 27.9 Å². The molecule has 1 atom stereocenters. The first-order valence-corrected chi connectivity index (χ1v) is 10.9. The largest absolute Gasteiger partial charge is 0.496 e. The fraction of sp³-hybridized carbons (Fsp3) is 0.240. The highest BCUT2D eigenvalue weighted by atomic mass is 32.1. The second-order valence-electron chi connectivity index (χ2n) is 7.18. The summed E-state index contributed by atoms with van der Waals surface area (Å²) in [6.45, 7) is 0.625. The third-order valence-corrected chi connectivity index (χ3v) is 6.44. The van der Waals surface area contributed by atoms with Crippen molar-refractivity contribution in [3.05, 3.63) is 81.6 Å². The number of thiophene rings is 1. The van der Waals surface area contributed by atoms with Crippen LogP contribution in [0.5, 0.6) is 17.2 Å². The van der Waals surface area contributed by atoms with Gasteiger partial charge in [-0.15, -0.1) is 11.3 Å². The number of fused-ring (bicyclic) bond motifs is 1. The molecule has 1 aliphatic rings. The van der Waals surface area contributed by atoms with Gasteiger partial charge >= 0.3 is 0 Å². The Morgan fingerprint density at radius 1 is 1.00 bits per heavy atom. The molecule has 1 amide bonds. The van der Waals surface area contributed by atoms with Crippen molar-refractivity contribution in [2.24, 2.45) is 0 Å². The molecule has 1 unspecified atom stereocenters. The van der Waals surface area contributed by atoms with E-state index >= 15 is 0 Å². The number of ether oxygens (including phenoxy) is 3. The van der Waals surface area contributed by atoms with Crippen LogP contribution in [0.1, 0.15) is 27.6 Å². The maximum absolute atomic E-state index is 13.3. The Hall–Kier alpha value is -3.25. The molecular formula is C25H25NO4S. The van der Waals surface area contributed by atoms with Gasteiger partial charge in [0.2, 0.25) is 5.91 Å². The summed E-state index contributed by atoms with van der Waals surface area (Å²) in [5, 5.41) is 2.04. The number of methoxy groups -OCH3 is 3. The maximum atomic E-state index is 13.3. The van der Waals surface area contributed by atoms with Crippen molar-refractivity contribution >= 4 is 23.3 Å². The van der Waals surface area contributed by atoms with Crippen molar-refractivity contribution in [3.63, 3.8) is 0 Å². The minimum atomic E-state index is -0.168. The van der Waals surface area contributed by atoms with E-state index in [1.165, 1.54) is 5.56 Å². The quantitative estimate of drug-likeness (QED) is 0.514. The lowest BCUT2D eigenvalue weighted by molar-refractivity contribution is -0.127. The predicted octanol–water partition coefficient (Wildman–Crippen LogP) is 4.96. The van der Waals surface area contributed by atoms with Gasteiger partial charge in [0, 0.05) is 23.1 Å². The lowest BCUT2D eigenvalue weighted by Gasteiger charge is -2.37. The normalized spacial score (nSPS) is 15.6. The van der Waals surface area contributed by atoms with Gasteiger partial charge in [-0.05, 0) is 53.3 Å². The summed E-state index contributed by atoms with van der Waals surface area (Å²) in [6.07, 6.45) is 4.20. The molecule has 6 heteroatoms. The van der Waals surface area contributed by atoms with Gasteiger partial charge < -0.3 is 19.1 Å². The van der Waals surface area contributed by atoms with Crippen LogP contribution in [0.25, 0.3) is 6.08 Å². The van der Waals surface area contributed by atoms with E-state index in [0.717, 1.165) is 28.2 Å². The van der Waals surface area contributed by atoms with Gasteiger partial charge in [-0.1, -0.05) is 24.3 Å². The third-order valence-electron chi connectivity index (χ3n) is 5.51. The fourth-order valence-corrected chi connectivity index (χ4v) is 4.85. The van der Waals surface area contributed by atoms with E-state index in [-0.39, 0.29) is 11.9 Å². The zero-order chi connectivity index (χ0) is 21.8.